The molecule has 19 heavy (non-hydrogen) atoms. The molecule has 0 fully saturated rings. The van der Waals surface area contributed by atoms with Crippen LogP contribution >= 0.6 is 0 Å². The van der Waals surface area contributed by atoms with Crippen LogP contribution < -0.4 is 10.6 Å². The first-order valence-electron chi connectivity index (χ1n) is 6.28. The van der Waals surface area contributed by atoms with E-state index in [4.69, 9.17) is 0 Å². The van der Waals surface area contributed by atoms with Gasteiger partial charge in [-0.1, -0.05) is 24.3 Å². The van der Waals surface area contributed by atoms with Crippen molar-refractivity contribution in [2.75, 3.05) is 17.7 Å². The smallest absolute Gasteiger partial charge is 0.257 e. The lowest BCUT2D eigenvalue weighted by molar-refractivity contribution is 0.102. The van der Waals surface area contributed by atoms with E-state index in [2.05, 4.69) is 10.6 Å². The van der Waals surface area contributed by atoms with Crippen molar-refractivity contribution in [3.8, 4) is 0 Å². The molecule has 0 aromatic heterocycles. The summed E-state index contributed by atoms with van der Waals surface area (Å²) in [4.78, 5) is 12.3. The van der Waals surface area contributed by atoms with Crippen LogP contribution in [0.1, 0.15) is 21.5 Å². The molecule has 0 saturated carbocycles. The molecule has 0 saturated heterocycles. The first kappa shape index (κ1) is 13.1. The van der Waals surface area contributed by atoms with Gasteiger partial charge in [-0.05, 0) is 43.2 Å². The van der Waals surface area contributed by atoms with Gasteiger partial charge >= 0.3 is 0 Å². The van der Waals surface area contributed by atoms with Crippen molar-refractivity contribution in [2.24, 2.45) is 0 Å². The van der Waals surface area contributed by atoms with Gasteiger partial charge in [0.1, 0.15) is 0 Å². The molecule has 0 atom stereocenters. The van der Waals surface area contributed by atoms with Crippen LogP contribution in [0.3, 0.4) is 0 Å². The summed E-state index contributed by atoms with van der Waals surface area (Å²) in [6, 6.07) is 13.4. The Morgan fingerprint density at radius 1 is 0.947 bits per heavy atom. The summed E-state index contributed by atoms with van der Waals surface area (Å²) in [5.41, 5.74) is 4.59. The van der Waals surface area contributed by atoms with Crippen molar-refractivity contribution in [3.63, 3.8) is 0 Å². The average Bonchev–Trinajstić information content (AvgIpc) is 2.43. The average molecular weight is 254 g/mol. The van der Waals surface area contributed by atoms with Crippen molar-refractivity contribution in [2.45, 2.75) is 13.8 Å². The minimum Gasteiger partial charge on any atom is -0.387 e. The molecule has 1 amide bonds. The van der Waals surface area contributed by atoms with Crippen molar-refractivity contribution in [1.82, 2.24) is 0 Å². The molecule has 3 nitrogen and oxygen atoms in total. The summed E-state index contributed by atoms with van der Waals surface area (Å²) in [6.45, 7) is 4.04. The van der Waals surface area contributed by atoms with Gasteiger partial charge in [0.05, 0.1) is 5.56 Å². The molecule has 2 aromatic rings. The van der Waals surface area contributed by atoms with Gasteiger partial charge in [-0.25, -0.2) is 0 Å². The highest BCUT2D eigenvalue weighted by Crippen LogP contribution is 2.21. The predicted molar refractivity (Wildman–Crippen MR) is 79.9 cm³/mol. The molecule has 0 spiro atoms. The summed E-state index contributed by atoms with van der Waals surface area (Å²) < 4.78 is 0. The van der Waals surface area contributed by atoms with Gasteiger partial charge in [0.25, 0.3) is 5.91 Å². The maximum Gasteiger partial charge on any atom is 0.257 e. The molecular weight excluding hydrogens is 236 g/mol. The van der Waals surface area contributed by atoms with Gasteiger partial charge in [0, 0.05) is 18.4 Å². The fourth-order valence-corrected chi connectivity index (χ4v) is 1.98. The number of rotatable bonds is 3. The number of hydrogen-bond donors (Lipinski definition) is 2. The molecule has 0 radical (unpaired) electrons. The number of nitrogens with one attached hydrogen (secondary N) is 2. The number of carbonyl (C=O) groups is 1. The Bertz CT molecular complexity index is 605. The van der Waals surface area contributed by atoms with Crippen molar-refractivity contribution in [3.05, 3.63) is 59.2 Å². The largest absolute Gasteiger partial charge is 0.387 e. The zero-order valence-electron chi connectivity index (χ0n) is 11.4. The molecule has 0 heterocycles. The Morgan fingerprint density at radius 2 is 1.63 bits per heavy atom. The maximum absolute atomic E-state index is 12.3. The number of aryl methyl sites for hydroxylation is 1. The number of carbonyl (C=O) groups excluding carboxylic acids is 1. The SMILES string of the molecule is CNc1ccccc1C(=O)Nc1cccc(C)c1C. The number of amides is 1. The highest BCUT2D eigenvalue weighted by Gasteiger charge is 2.11. The molecule has 0 aliphatic carbocycles. The second-order valence-corrected chi connectivity index (χ2v) is 4.50. The first-order chi connectivity index (χ1) is 9.13. The zero-order chi connectivity index (χ0) is 13.8. The number of anilines is 2. The second-order valence-electron chi connectivity index (χ2n) is 4.50. The van der Waals surface area contributed by atoms with E-state index in [1.54, 1.807) is 0 Å². The Balaban J connectivity index is 2.28. The highest BCUT2D eigenvalue weighted by molar-refractivity contribution is 6.08. The van der Waals surface area contributed by atoms with Gasteiger partial charge in [-0.2, -0.15) is 0 Å². The molecule has 0 aliphatic heterocycles. The Labute approximate surface area is 113 Å². The van der Waals surface area contributed by atoms with E-state index in [9.17, 15) is 4.79 Å². The van der Waals surface area contributed by atoms with E-state index in [1.165, 1.54) is 5.56 Å². The number of hydrogen-bond acceptors (Lipinski definition) is 2. The monoisotopic (exact) mass is 254 g/mol. The molecule has 0 aliphatic rings. The fraction of sp³-hybridized carbons (Fsp3) is 0.188. The van der Waals surface area contributed by atoms with Crippen LogP contribution in [0, 0.1) is 13.8 Å². The quantitative estimate of drug-likeness (QED) is 0.878. The van der Waals surface area contributed by atoms with Crippen LogP contribution in [0.15, 0.2) is 42.5 Å². The predicted octanol–water partition coefficient (Wildman–Crippen LogP) is 3.60. The third-order valence-corrected chi connectivity index (χ3v) is 3.29. The zero-order valence-corrected chi connectivity index (χ0v) is 11.4. The van der Waals surface area contributed by atoms with Gasteiger partial charge < -0.3 is 10.6 Å². The highest BCUT2D eigenvalue weighted by atomic mass is 16.1. The van der Waals surface area contributed by atoms with Crippen LogP contribution in [0.2, 0.25) is 0 Å². The molecule has 2 aromatic carbocycles. The van der Waals surface area contributed by atoms with Crippen molar-refractivity contribution in [1.29, 1.82) is 0 Å². The third-order valence-electron chi connectivity index (χ3n) is 3.29. The van der Waals surface area contributed by atoms with Crippen LogP contribution in [0.5, 0.6) is 0 Å². The molecule has 2 rings (SSSR count). The first-order valence-corrected chi connectivity index (χ1v) is 6.28. The summed E-state index contributed by atoms with van der Waals surface area (Å²) in [5, 5.41) is 5.99. The Morgan fingerprint density at radius 3 is 2.37 bits per heavy atom. The molecular formula is C16H18N2O. The third kappa shape index (κ3) is 2.76. The normalized spacial score (nSPS) is 10.1. The Hall–Kier alpha value is -2.29. The fourth-order valence-electron chi connectivity index (χ4n) is 1.98. The van der Waals surface area contributed by atoms with Gasteiger partial charge in [-0.15, -0.1) is 0 Å². The lowest BCUT2D eigenvalue weighted by atomic mass is 10.1. The standard InChI is InChI=1S/C16H18N2O/c1-11-7-6-10-14(12(11)2)18-16(19)13-8-4-5-9-15(13)17-3/h4-10,17H,1-3H3,(H,18,19). The lowest BCUT2D eigenvalue weighted by Crippen LogP contribution is -2.14. The van der Waals surface area contributed by atoms with Gasteiger partial charge in [-0.3, -0.25) is 4.79 Å². The Kier molecular flexibility index (Phi) is 3.85. The second kappa shape index (κ2) is 5.57. The topological polar surface area (TPSA) is 41.1 Å². The molecule has 0 bridgehead atoms. The van der Waals surface area contributed by atoms with E-state index in [1.807, 2.05) is 63.4 Å². The lowest BCUT2D eigenvalue weighted by Gasteiger charge is -2.12. The van der Waals surface area contributed by atoms with E-state index in [0.29, 0.717) is 5.56 Å². The van der Waals surface area contributed by atoms with E-state index < -0.39 is 0 Å². The van der Waals surface area contributed by atoms with Crippen molar-refractivity contribution >= 4 is 17.3 Å². The van der Waals surface area contributed by atoms with Crippen LogP contribution in [-0.4, -0.2) is 13.0 Å². The van der Waals surface area contributed by atoms with E-state index in [0.717, 1.165) is 16.9 Å². The summed E-state index contributed by atoms with van der Waals surface area (Å²) in [6.07, 6.45) is 0. The molecule has 3 heteroatoms. The minimum atomic E-state index is -0.0985. The van der Waals surface area contributed by atoms with E-state index in [-0.39, 0.29) is 5.91 Å². The molecule has 98 valence electrons. The maximum atomic E-state index is 12.3. The van der Waals surface area contributed by atoms with Gasteiger partial charge in [0.2, 0.25) is 0 Å². The molecule has 0 unspecified atom stereocenters. The summed E-state index contributed by atoms with van der Waals surface area (Å²) >= 11 is 0. The number of benzene rings is 2. The van der Waals surface area contributed by atoms with Crippen LogP contribution in [0.4, 0.5) is 11.4 Å². The molecule has 2 N–H and O–H groups in total. The van der Waals surface area contributed by atoms with E-state index >= 15 is 0 Å². The van der Waals surface area contributed by atoms with Crippen LogP contribution in [0.25, 0.3) is 0 Å². The van der Waals surface area contributed by atoms with Gasteiger partial charge in [0.15, 0.2) is 0 Å². The van der Waals surface area contributed by atoms with Crippen molar-refractivity contribution < 1.29 is 4.79 Å². The van der Waals surface area contributed by atoms with Crippen LogP contribution in [-0.2, 0) is 0 Å². The number of para-hydroxylation sites is 1. The summed E-state index contributed by atoms with van der Waals surface area (Å²) in [7, 11) is 1.81. The minimum absolute atomic E-state index is 0.0985. The summed E-state index contributed by atoms with van der Waals surface area (Å²) in [5.74, 6) is -0.0985.